The van der Waals surface area contributed by atoms with E-state index in [1.165, 1.54) is 0 Å². The Kier molecular flexibility index (Phi) is 12.2. The number of hydrogen-bond donors (Lipinski definition) is 2. The molecule has 0 radical (unpaired) electrons. The van der Waals surface area contributed by atoms with Crippen molar-refractivity contribution in [2.75, 3.05) is 40.0 Å². The highest BCUT2D eigenvalue weighted by atomic mass is 19.2. The van der Waals surface area contributed by atoms with Crippen molar-refractivity contribution in [1.82, 2.24) is 15.1 Å². The Balaban J connectivity index is 1.19. The number of aryl methyl sites for hydroxylation is 1. The molecule has 3 aliphatic rings. The van der Waals surface area contributed by atoms with Crippen molar-refractivity contribution in [1.29, 1.82) is 0 Å². The van der Waals surface area contributed by atoms with E-state index >= 15 is 0 Å². The van der Waals surface area contributed by atoms with Gasteiger partial charge in [0.1, 0.15) is 18.1 Å². The molecule has 13 heteroatoms. The van der Waals surface area contributed by atoms with Gasteiger partial charge < -0.3 is 35.1 Å². The smallest absolute Gasteiger partial charge is 0.252 e. The molecule has 10 nitrogen and oxygen atoms in total. The number of fused-ring (bicyclic) bond motifs is 2. The summed E-state index contributed by atoms with van der Waals surface area (Å²) in [6.45, 7) is 1.49. The first kappa shape index (κ1) is 37.7. The molecule has 3 amide bonds. The number of piperazine rings is 1. The Hall–Kier alpha value is -5.04. The molecule has 0 aromatic heterocycles. The predicted molar refractivity (Wildman–Crippen MR) is 192 cm³/mol. The molecular weight excluding hydrogens is 689 g/mol. The fourth-order valence-electron chi connectivity index (χ4n) is 7.03. The van der Waals surface area contributed by atoms with Crippen LogP contribution in [0.5, 0.6) is 17.2 Å². The molecule has 1 saturated heterocycles. The van der Waals surface area contributed by atoms with Gasteiger partial charge in [-0.3, -0.25) is 14.4 Å². The van der Waals surface area contributed by atoms with E-state index < -0.39 is 35.2 Å². The van der Waals surface area contributed by atoms with Gasteiger partial charge in [-0.25, -0.2) is 8.78 Å². The summed E-state index contributed by atoms with van der Waals surface area (Å²) in [6, 6.07) is 16.3. The number of nitrogens with one attached hydrogen (secondary N) is 1. The summed E-state index contributed by atoms with van der Waals surface area (Å²) >= 11 is 0. The summed E-state index contributed by atoms with van der Waals surface area (Å²) in [5, 5.41) is 3.61. The number of primary amides is 1. The van der Waals surface area contributed by atoms with Crippen LogP contribution in [0, 0.1) is 17.5 Å². The van der Waals surface area contributed by atoms with E-state index in [1.807, 2.05) is 53.4 Å². The minimum atomic E-state index is -1.35. The molecule has 3 N–H and O–H groups in total. The minimum absolute atomic E-state index is 0.00515. The fraction of sp³-hybridized carbons (Fsp3) is 0.425. The molecule has 53 heavy (non-hydrogen) atoms. The molecule has 2 fully saturated rings. The lowest BCUT2D eigenvalue weighted by Gasteiger charge is -2.45. The van der Waals surface area contributed by atoms with Gasteiger partial charge in [0.2, 0.25) is 17.6 Å². The average Bonchev–Trinajstić information content (AvgIpc) is 4.00. The third-order valence-corrected chi connectivity index (χ3v) is 9.87. The maximum atomic E-state index is 14.7. The second kappa shape index (κ2) is 17.2. The Morgan fingerprint density at radius 2 is 1.58 bits per heavy atom. The highest BCUT2D eigenvalue weighted by Gasteiger charge is 2.43. The van der Waals surface area contributed by atoms with E-state index in [0.717, 1.165) is 47.4 Å². The van der Waals surface area contributed by atoms with Gasteiger partial charge in [-0.05, 0) is 91.6 Å². The standard InChI is InChI=1S/C40H45F3N4O6/c1-51-29-13-15-30(16-14-29)52-21-19-47(28-11-12-28)40(50)37-31(22-27-23-46(24-34(37)45-27)36(49)6-2-5-35(44)48)26-9-7-25(8-10-26)4-3-20-53-39-33(42)18-17-32(41)38(39)43/h7-10,13-18,27-28,34,45H,2-6,11-12,19-24H2,1H3,(H2,44,48)/t27?,34-/m1/s1. The van der Waals surface area contributed by atoms with E-state index in [-0.39, 0.29) is 43.3 Å². The van der Waals surface area contributed by atoms with Crippen molar-refractivity contribution < 1.29 is 41.8 Å². The normalized spacial score (nSPS) is 18.1. The largest absolute Gasteiger partial charge is 0.497 e. The summed E-state index contributed by atoms with van der Waals surface area (Å²) in [4.78, 5) is 42.8. The van der Waals surface area contributed by atoms with Crippen LogP contribution in [-0.4, -0.2) is 85.6 Å². The predicted octanol–water partition coefficient (Wildman–Crippen LogP) is 5.18. The van der Waals surface area contributed by atoms with Gasteiger partial charge in [0.05, 0.1) is 26.3 Å². The van der Waals surface area contributed by atoms with E-state index in [4.69, 9.17) is 19.9 Å². The van der Waals surface area contributed by atoms with Crippen LogP contribution in [0.25, 0.3) is 5.57 Å². The van der Waals surface area contributed by atoms with Crippen molar-refractivity contribution in [3.63, 3.8) is 0 Å². The first-order chi connectivity index (χ1) is 25.6. The lowest BCUT2D eigenvalue weighted by Crippen LogP contribution is -2.62. The van der Waals surface area contributed by atoms with Crippen LogP contribution < -0.4 is 25.3 Å². The number of hydrogen-bond acceptors (Lipinski definition) is 7. The van der Waals surface area contributed by atoms with Crippen LogP contribution in [0.15, 0.2) is 66.2 Å². The van der Waals surface area contributed by atoms with E-state index in [1.54, 1.807) is 12.0 Å². The van der Waals surface area contributed by atoms with Gasteiger partial charge >= 0.3 is 0 Å². The van der Waals surface area contributed by atoms with Gasteiger partial charge in [-0.2, -0.15) is 4.39 Å². The molecule has 1 aliphatic carbocycles. The molecule has 1 saturated carbocycles. The third kappa shape index (κ3) is 9.50. The second-order valence-electron chi connectivity index (χ2n) is 13.7. The maximum Gasteiger partial charge on any atom is 0.252 e. The first-order valence-corrected chi connectivity index (χ1v) is 18.1. The molecule has 3 aromatic carbocycles. The Morgan fingerprint density at radius 3 is 2.28 bits per heavy atom. The molecule has 3 aromatic rings. The van der Waals surface area contributed by atoms with Gasteiger partial charge in [-0.1, -0.05) is 24.3 Å². The number of nitrogens with zero attached hydrogens (tertiary/aromatic N) is 2. The van der Waals surface area contributed by atoms with Gasteiger partial charge in [0.25, 0.3) is 5.91 Å². The summed E-state index contributed by atoms with van der Waals surface area (Å²) in [5.41, 5.74) is 8.71. The quantitative estimate of drug-likeness (QED) is 0.145. The fourth-order valence-corrected chi connectivity index (χ4v) is 7.03. The zero-order valence-corrected chi connectivity index (χ0v) is 29.8. The minimum Gasteiger partial charge on any atom is -0.497 e. The zero-order valence-electron chi connectivity index (χ0n) is 29.8. The molecule has 2 bridgehead atoms. The van der Waals surface area contributed by atoms with E-state index in [9.17, 15) is 27.6 Å². The lowest BCUT2D eigenvalue weighted by molar-refractivity contribution is -0.134. The third-order valence-electron chi connectivity index (χ3n) is 9.87. The average molecular weight is 735 g/mol. The highest BCUT2D eigenvalue weighted by Crippen LogP contribution is 2.37. The van der Waals surface area contributed by atoms with Crippen LogP contribution in [0.2, 0.25) is 0 Å². The van der Waals surface area contributed by atoms with Crippen molar-refractivity contribution in [3.05, 3.63) is 94.8 Å². The SMILES string of the molecule is COc1ccc(OCCN(C(=O)C2=C(c3ccc(CCCOc4c(F)ccc(F)c4F)cc3)CC3CN(C(=O)CCCC(N)=O)C[C@H]2N3)C2CC2)cc1. The zero-order chi connectivity index (χ0) is 37.5. The number of nitrogens with two attached hydrogens (primary N) is 1. The van der Waals surface area contributed by atoms with Crippen molar-refractivity contribution >= 4 is 23.3 Å². The first-order valence-electron chi connectivity index (χ1n) is 18.1. The molecule has 282 valence electrons. The number of rotatable bonds is 17. The number of ether oxygens (including phenoxy) is 3. The van der Waals surface area contributed by atoms with Crippen LogP contribution in [-0.2, 0) is 20.8 Å². The van der Waals surface area contributed by atoms with Crippen molar-refractivity contribution in [3.8, 4) is 17.2 Å². The number of amides is 3. The molecule has 1 unspecified atom stereocenters. The Morgan fingerprint density at radius 1 is 0.868 bits per heavy atom. The van der Waals surface area contributed by atoms with Crippen LogP contribution in [0.4, 0.5) is 13.2 Å². The van der Waals surface area contributed by atoms with Gasteiger partial charge in [-0.15, -0.1) is 0 Å². The second-order valence-corrected chi connectivity index (χ2v) is 13.7. The van der Waals surface area contributed by atoms with E-state index in [0.29, 0.717) is 63.2 Å². The number of carbonyl (C=O) groups excluding carboxylic acids is 3. The van der Waals surface area contributed by atoms with Crippen LogP contribution in [0.3, 0.4) is 0 Å². The number of carbonyl (C=O) groups is 3. The number of methoxy groups -OCH3 is 1. The topological polar surface area (TPSA) is 123 Å². The molecule has 0 spiro atoms. The van der Waals surface area contributed by atoms with Crippen LogP contribution >= 0.6 is 0 Å². The van der Waals surface area contributed by atoms with Gasteiger partial charge in [0, 0.05) is 43.6 Å². The van der Waals surface area contributed by atoms with Crippen molar-refractivity contribution in [2.45, 2.75) is 69.5 Å². The molecule has 6 rings (SSSR count). The summed E-state index contributed by atoms with van der Waals surface area (Å²) in [6.07, 6.45) is 4.04. The molecule has 2 atom stereocenters. The van der Waals surface area contributed by atoms with Crippen molar-refractivity contribution in [2.24, 2.45) is 5.73 Å². The van der Waals surface area contributed by atoms with Crippen LogP contribution in [0.1, 0.15) is 56.1 Å². The Labute approximate surface area is 307 Å². The molecule has 2 aliphatic heterocycles. The monoisotopic (exact) mass is 734 g/mol. The molecular formula is C40H45F3N4O6. The Bertz CT molecular complexity index is 1820. The number of benzene rings is 3. The highest BCUT2D eigenvalue weighted by molar-refractivity contribution is 6.03. The van der Waals surface area contributed by atoms with E-state index in [2.05, 4.69) is 5.32 Å². The maximum absolute atomic E-state index is 14.7. The summed E-state index contributed by atoms with van der Waals surface area (Å²) in [7, 11) is 1.60. The summed E-state index contributed by atoms with van der Waals surface area (Å²) < 4.78 is 57.9. The van der Waals surface area contributed by atoms with Gasteiger partial charge in [0.15, 0.2) is 17.4 Å². The molecule has 2 heterocycles. The number of halogens is 3. The lowest BCUT2D eigenvalue weighted by atomic mass is 9.82. The summed E-state index contributed by atoms with van der Waals surface area (Å²) in [5.74, 6) is -3.40.